The fraction of sp³-hybridized carbons (Fsp3) is 0.292. The van der Waals surface area contributed by atoms with Gasteiger partial charge in [-0.2, -0.15) is 0 Å². The van der Waals surface area contributed by atoms with E-state index in [1.807, 2.05) is 17.5 Å². The van der Waals surface area contributed by atoms with Crippen molar-refractivity contribution in [3.63, 3.8) is 0 Å². The quantitative estimate of drug-likeness (QED) is 0.364. The summed E-state index contributed by atoms with van der Waals surface area (Å²) in [6, 6.07) is 12.2. The van der Waals surface area contributed by atoms with Gasteiger partial charge in [0, 0.05) is 37.1 Å². The van der Waals surface area contributed by atoms with E-state index < -0.39 is 5.97 Å². The van der Waals surface area contributed by atoms with Crippen molar-refractivity contribution in [3.8, 4) is 11.3 Å². The number of rotatable bonds is 9. The topological polar surface area (TPSA) is 91.8 Å². The summed E-state index contributed by atoms with van der Waals surface area (Å²) < 4.78 is 6.60. The van der Waals surface area contributed by atoms with Crippen LogP contribution in [0.25, 0.3) is 11.3 Å². The molecule has 1 saturated heterocycles. The SMILES string of the molecule is O=C(CSc1nc(-c2ccc(C(=O)O)cc2)cs1)NCC1CN(Cc2ccc(Cl)c(Cl)c2)CCO1. The fourth-order valence-electron chi connectivity index (χ4n) is 3.59. The molecule has 0 saturated carbocycles. The van der Waals surface area contributed by atoms with Gasteiger partial charge in [-0.3, -0.25) is 9.69 Å². The molecule has 3 aromatic rings. The number of thioether (sulfide) groups is 1. The van der Waals surface area contributed by atoms with Crippen LogP contribution in [0.2, 0.25) is 10.0 Å². The van der Waals surface area contributed by atoms with E-state index in [4.69, 9.17) is 33.0 Å². The lowest BCUT2D eigenvalue weighted by Gasteiger charge is -2.33. The molecule has 35 heavy (non-hydrogen) atoms. The predicted octanol–water partition coefficient (Wildman–Crippen LogP) is 4.92. The molecule has 2 N–H and O–H groups in total. The molecule has 1 fully saturated rings. The van der Waals surface area contributed by atoms with E-state index >= 15 is 0 Å². The van der Waals surface area contributed by atoms with Crippen molar-refractivity contribution >= 4 is 58.2 Å². The van der Waals surface area contributed by atoms with Crippen molar-refractivity contribution in [3.05, 3.63) is 69.0 Å². The van der Waals surface area contributed by atoms with E-state index in [1.54, 1.807) is 30.3 Å². The molecule has 0 bridgehead atoms. The van der Waals surface area contributed by atoms with Gasteiger partial charge < -0.3 is 15.2 Å². The third-order valence-electron chi connectivity index (χ3n) is 5.38. The molecule has 1 unspecified atom stereocenters. The average Bonchev–Trinajstić information content (AvgIpc) is 3.33. The molecule has 2 heterocycles. The van der Waals surface area contributed by atoms with Crippen molar-refractivity contribution in [1.29, 1.82) is 0 Å². The highest BCUT2D eigenvalue weighted by Crippen LogP contribution is 2.28. The van der Waals surface area contributed by atoms with Crippen LogP contribution in [0.15, 0.2) is 52.2 Å². The molecule has 2 aromatic carbocycles. The average molecular weight is 553 g/mol. The zero-order valence-electron chi connectivity index (χ0n) is 18.6. The Morgan fingerprint density at radius 3 is 2.74 bits per heavy atom. The number of carboxylic acid groups (broad SMARTS) is 1. The number of ether oxygens (including phenoxy) is 1. The third kappa shape index (κ3) is 7.42. The van der Waals surface area contributed by atoms with Gasteiger partial charge in [0.1, 0.15) is 0 Å². The molecule has 11 heteroatoms. The Balaban J connectivity index is 1.20. The largest absolute Gasteiger partial charge is 0.478 e. The van der Waals surface area contributed by atoms with Gasteiger partial charge in [0.2, 0.25) is 5.91 Å². The van der Waals surface area contributed by atoms with E-state index in [0.717, 1.165) is 34.2 Å². The molecular weight excluding hydrogens is 529 g/mol. The number of halogens is 2. The second kappa shape index (κ2) is 12.2. The second-order valence-corrected chi connectivity index (χ2v) is 10.8. The van der Waals surface area contributed by atoms with Crippen molar-refractivity contribution in [2.75, 3.05) is 32.0 Å². The van der Waals surface area contributed by atoms with E-state index in [-0.39, 0.29) is 23.3 Å². The molecule has 0 aliphatic carbocycles. The third-order valence-corrected chi connectivity index (χ3v) is 8.14. The lowest BCUT2D eigenvalue weighted by atomic mass is 10.1. The fourth-order valence-corrected chi connectivity index (χ4v) is 5.58. The summed E-state index contributed by atoms with van der Waals surface area (Å²) in [4.78, 5) is 30.2. The van der Waals surface area contributed by atoms with E-state index in [2.05, 4.69) is 15.2 Å². The summed E-state index contributed by atoms with van der Waals surface area (Å²) in [6.07, 6.45) is -0.0827. The Bertz CT molecular complexity index is 1190. The smallest absolute Gasteiger partial charge is 0.335 e. The molecular formula is C24H23Cl2N3O4S2. The minimum atomic E-state index is -0.963. The second-order valence-electron chi connectivity index (χ2n) is 7.95. The number of nitrogens with one attached hydrogen (secondary N) is 1. The van der Waals surface area contributed by atoms with Crippen LogP contribution >= 0.6 is 46.3 Å². The summed E-state index contributed by atoms with van der Waals surface area (Å²) >= 11 is 14.9. The summed E-state index contributed by atoms with van der Waals surface area (Å²) in [6.45, 7) is 3.31. The maximum absolute atomic E-state index is 12.4. The Morgan fingerprint density at radius 2 is 2.00 bits per heavy atom. The molecule has 1 aliphatic heterocycles. The normalized spacial score (nSPS) is 16.2. The minimum Gasteiger partial charge on any atom is -0.478 e. The number of carboxylic acids is 1. The van der Waals surface area contributed by atoms with Gasteiger partial charge in [0.15, 0.2) is 4.34 Å². The number of thiazole rings is 1. The number of amides is 1. The van der Waals surface area contributed by atoms with Gasteiger partial charge in [-0.15, -0.1) is 11.3 Å². The number of carbonyl (C=O) groups is 2. The van der Waals surface area contributed by atoms with E-state index in [9.17, 15) is 9.59 Å². The van der Waals surface area contributed by atoms with Gasteiger partial charge in [-0.25, -0.2) is 9.78 Å². The highest BCUT2D eigenvalue weighted by atomic mass is 35.5. The minimum absolute atomic E-state index is 0.0808. The van der Waals surface area contributed by atoms with Gasteiger partial charge >= 0.3 is 5.97 Å². The lowest BCUT2D eigenvalue weighted by Crippen LogP contribution is -2.47. The van der Waals surface area contributed by atoms with Crippen molar-refractivity contribution in [1.82, 2.24) is 15.2 Å². The molecule has 0 spiro atoms. The number of carbonyl (C=O) groups excluding carboxylic acids is 1. The number of nitrogens with zero attached hydrogens (tertiary/aromatic N) is 2. The summed E-state index contributed by atoms with van der Waals surface area (Å²) in [7, 11) is 0. The number of hydrogen-bond acceptors (Lipinski definition) is 7. The standard InChI is InChI=1S/C24H23Cl2N3O4S2/c25-19-6-1-15(9-20(19)26)11-29-7-8-33-18(12-29)10-27-22(30)14-35-24-28-21(13-34-24)16-2-4-17(5-3-16)23(31)32/h1-6,9,13,18H,7-8,10-12,14H2,(H,27,30)(H,31,32). The first-order chi connectivity index (χ1) is 16.9. The van der Waals surface area contributed by atoms with Gasteiger partial charge in [-0.05, 0) is 29.8 Å². The van der Waals surface area contributed by atoms with Crippen LogP contribution in [0.4, 0.5) is 0 Å². The first-order valence-corrected chi connectivity index (χ1v) is 13.5. The van der Waals surface area contributed by atoms with Gasteiger partial charge in [0.25, 0.3) is 0 Å². The molecule has 1 amide bonds. The maximum atomic E-state index is 12.4. The molecule has 1 atom stereocenters. The number of aromatic nitrogens is 1. The summed E-state index contributed by atoms with van der Waals surface area (Å²) in [5, 5.41) is 14.9. The van der Waals surface area contributed by atoms with Crippen LogP contribution in [0.5, 0.6) is 0 Å². The summed E-state index contributed by atoms with van der Waals surface area (Å²) in [5.74, 6) is -0.789. The van der Waals surface area contributed by atoms with Gasteiger partial charge in [0.05, 0.1) is 39.8 Å². The molecule has 184 valence electrons. The first-order valence-electron chi connectivity index (χ1n) is 10.8. The van der Waals surface area contributed by atoms with Crippen LogP contribution in [0.1, 0.15) is 15.9 Å². The maximum Gasteiger partial charge on any atom is 0.335 e. The van der Waals surface area contributed by atoms with Crippen molar-refractivity contribution < 1.29 is 19.4 Å². The molecule has 4 rings (SSSR count). The van der Waals surface area contributed by atoms with Crippen LogP contribution in [-0.2, 0) is 16.1 Å². The molecule has 1 aromatic heterocycles. The summed E-state index contributed by atoms with van der Waals surface area (Å²) in [5.41, 5.74) is 2.91. The molecule has 7 nitrogen and oxygen atoms in total. The van der Waals surface area contributed by atoms with Crippen molar-refractivity contribution in [2.24, 2.45) is 0 Å². The van der Waals surface area contributed by atoms with E-state index in [0.29, 0.717) is 29.7 Å². The lowest BCUT2D eigenvalue weighted by molar-refractivity contribution is -0.119. The zero-order valence-corrected chi connectivity index (χ0v) is 21.7. The predicted molar refractivity (Wildman–Crippen MR) is 140 cm³/mol. The Labute approximate surface area is 221 Å². The first kappa shape index (κ1) is 25.9. The Hall–Kier alpha value is -2.14. The van der Waals surface area contributed by atoms with Crippen LogP contribution in [-0.4, -0.2) is 65.0 Å². The molecule has 1 aliphatic rings. The number of aromatic carboxylic acids is 1. The Morgan fingerprint density at radius 1 is 1.20 bits per heavy atom. The number of hydrogen-bond donors (Lipinski definition) is 2. The van der Waals surface area contributed by atoms with Crippen LogP contribution < -0.4 is 5.32 Å². The number of benzene rings is 2. The number of morpholine rings is 1. The zero-order chi connectivity index (χ0) is 24.8. The van der Waals surface area contributed by atoms with Gasteiger partial charge in [-0.1, -0.05) is 53.2 Å². The van der Waals surface area contributed by atoms with Crippen molar-refractivity contribution in [2.45, 2.75) is 17.0 Å². The monoisotopic (exact) mass is 551 g/mol. The highest BCUT2D eigenvalue weighted by molar-refractivity contribution is 8.01. The van der Waals surface area contributed by atoms with E-state index in [1.165, 1.54) is 23.1 Å². The van der Waals surface area contributed by atoms with Crippen LogP contribution in [0, 0.1) is 0 Å². The molecule has 0 radical (unpaired) electrons. The highest BCUT2D eigenvalue weighted by Gasteiger charge is 2.21. The Kier molecular flexibility index (Phi) is 9.04. The van der Waals surface area contributed by atoms with Crippen LogP contribution in [0.3, 0.4) is 0 Å².